The summed E-state index contributed by atoms with van der Waals surface area (Å²) >= 11 is 1.48. The van der Waals surface area contributed by atoms with E-state index in [1.807, 2.05) is 6.92 Å². The highest BCUT2D eigenvalue weighted by Gasteiger charge is 2.34. The van der Waals surface area contributed by atoms with E-state index in [0.717, 1.165) is 16.0 Å². The predicted molar refractivity (Wildman–Crippen MR) is 97.9 cm³/mol. The van der Waals surface area contributed by atoms with Gasteiger partial charge < -0.3 is 9.64 Å². The summed E-state index contributed by atoms with van der Waals surface area (Å²) in [6.45, 7) is 4.14. The van der Waals surface area contributed by atoms with E-state index in [1.54, 1.807) is 0 Å². The fraction of sp³-hybridized carbons (Fsp3) is 0.421. The molecule has 1 saturated heterocycles. The number of piperidine rings is 1. The number of halogens is 3. The SMILES string of the molecule is CC(=O)c1nc(C2CCN(C(=O)c3ccccc3OC(F)(F)F)CC2)sc1C. The molecule has 1 amide bonds. The van der Waals surface area contributed by atoms with Gasteiger partial charge in [0.25, 0.3) is 5.91 Å². The van der Waals surface area contributed by atoms with Crippen LogP contribution in [0.2, 0.25) is 0 Å². The molecule has 150 valence electrons. The summed E-state index contributed by atoms with van der Waals surface area (Å²) in [6, 6.07) is 5.36. The van der Waals surface area contributed by atoms with Gasteiger partial charge >= 0.3 is 6.36 Å². The predicted octanol–water partition coefficient (Wildman–Crippen LogP) is 4.57. The number of benzene rings is 1. The molecule has 9 heteroatoms. The number of aromatic nitrogens is 1. The van der Waals surface area contributed by atoms with E-state index in [0.29, 0.717) is 31.6 Å². The second kappa shape index (κ2) is 7.90. The Morgan fingerprint density at radius 3 is 2.43 bits per heavy atom. The molecule has 2 aromatic rings. The molecule has 1 aliphatic rings. The van der Waals surface area contributed by atoms with Crippen LogP contribution in [0.4, 0.5) is 13.2 Å². The first-order chi connectivity index (χ1) is 13.2. The van der Waals surface area contributed by atoms with Crippen molar-refractivity contribution >= 4 is 23.0 Å². The van der Waals surface area contributed by atoms with E-state index in [4.69, 9.17) is 0 Å². The van der Waals surface area contributed by atoms with Crippen LogP contribution in [0.5, 0.6) is 5.75 Å². The number of ether oxygens (including phenoxy) is 1. The second-order valence-electron chi connectivity index (χ2n) is 6.62. The highest BCUT2D eigenvalue weighted by atomic mass is 32.1. The van der Waals surface area contributed by atoms with Gasteiger partial charge in [-0.1, -0.05) is 12.1 Å². The monoisotopic (exact) mass is 412 g/mol. The van der Waals surface area contributed by atoms with Crippen LogP contribution in [-0.4, -0.2) is 41.0 Å². The first-order valence-electron chi connectivity index (χ1n) is 8.78. The van der Waals surface area contributed by atoms with E-state index in [2.05, 4.69) is 9.72 Å². The molecule has 0 spiro atoms. The Bertz CT molecular complexity index is 887. The summed E-state index contributed by atoms with van der Waals surface area (Å²) in [4.78, 5) is 31.1. The van der Waals surface area contributed by atoms with Crippen LogP contribution in [0.3, 0.4) is 0 Å². The molecule has 0 unspecified atom stereocenters. The minimum atomic E-state index is -4.86. The number of thiazole rings is 1. The fourth-order valence-electron chi connectivity index (χ4n) is 3.28. The fourth-order valence-corrected chi connectivity index (χ4v) is 4.41. The van der Waals surface area contributed by atoms with Crippen LogP contribution in [0.1, 0.15) is 56.4 Å². The Balaban J connectivity index is 1.69. The van der Waals surface area contributed by atoms with E-state index < -0.39 is 18.0 Å². The summed E-state index contributed by atoms with van der Waals surface area (Å²) in [5.41, 5.74) is 0.374. The third kappa shape index (κ3) is 4.52. The molecule has 1 aliphatic heterocycles. The summed E-state index contributed by atoms with van der Waals surface area (Å²) < 4.78 is 41.7. The van der Waals surface area contributed by atoms with Crippen molar-refractivity contribution in [2.75, 3.05) is 13.1 Å². The number of hydrogen-bond acceptors (Lipinski definition) is 5. The number of ketones is 1. The van der Waals surface area contributed by atoms with Gasteiger partial charge in [-0.2, -0.15) is 0 Å². The largest absolute Gasteiger partial charge is 0.573 e. The van der Waals surface area contributed by atoms with Gasteiger partial charge in [-0.3, -0.25) is 9.59 Å². The number of aryl methyl sites for hydroxylation is 1. The third-order valence-electron chi connectivity index (χ3n) is 4.62. The molecular formula is C19H19F3N2O3S. The lowest BCUT2D eigenvalue weighted by Crippen LogP contribution is -2.38. The molecule has 1 aromatic carbocycles. The lowest BCUT2D eigenvalue weighted by atomic mass is 9.97. The molecule has 0 atom stereocenters. The van der Waals surface area contributed by atoms with Crippen molar-refractivity contribution in [2.24, 2.45) is 0 Å². The first kappa shape index (κ1) is 20.3. The van der Waals surface area contributed by atoms with Crippen molar-refractivity contribution in [3.8, 4) is 5.75 Å². The smallest absolute Gasteiger partial charge is 0.405 e. The van der Waals surface area contributed by atoms with Gasteiger partial charge in [0.1, 0.15) is 11.4 Å². The normalized spacial score (nSPS) is 15.5. The molecule has 0 radical (unpaired) electrons. The van der Waals surface area contributed by atoms with E-state index in [1.165, 1.54) is 41.4 Å². The second-order valence-corrected chi connectivity index (χ2v) is 7.86. The van der Waals surface area contributed by atoms with Crippen LogP contribution in [0, 0.1) is 6.92 Å². The lowest BCUT2D eigenvalue weighted by molar-refractivity contribution is -0.274. The maximum atomic E-state index is 12.7. The van der Waals surface area contributed by atoms with Gasteiger partial charge in [-0.25, -0.2) is 4.98 Å². The van der Waals surface area contributed by atoms with Crippen LogP contribution < -0.4 is 4.74 Å². The topological polar surface area (TPSA) is 59.5 Å². The number of nitrogens with zero attached hydrogens (tertiary/aromatic N) is 2. The van der Waals surface area contributed by atoms with Crippen molar-refractivity contribution in [1.29, 1.82) is 0 Å². The number of alkyl halides is 3. The standard InChI is InChI=1S/C19H19F3N2O3S/c1-11(25)16-12(2)28-17(23-16)13-7-9-24(10-8-13)18(26)14-5-3-4-6-15(14)27-19(20,21)22/h3-6,13H,7-10H2,1-2H3. The van der Waals surface area contributed by atoms with Crippen LogP contribution in [-0.2, 0) is 0 Å². The van der Waals surface area contributed by atoms with E-state index >= 15 is 0 Å². The van der Waals surface area contributed by atoms with Gasteiger partial charge in [0, 0.05) is 30.8 Å². The zero-order valence-electron chi connectivity index (χ0n) is 15.4. The van der Waals surface area contributed by atoms with Gasteiger partial charge in [-0.15, -0.1) is 24.5 Å². The minimum Gasteiger partial charge on any atom is -0.405 e. The molecular weight excluding hydrogens is 393 g/mol. The zero-order chi connectivity index (χ0) is 20.5. The molecule has 3 rings (SSSR count). The number of para-hydroxylation sites is 1. The third-order valence-corrected chi connectivity index (χ3v) is 5.75. The molecule has 0 aliphatic carbocycles. The average Bonchev–Trinajstić information content (AvgIpc) is 3.02. The number of likely N-dealkylation sites (tertiary alicyclic amines) is 1. The summed E-state index contributed by atoms with van der Waals surface area (Å²) in [5, 5.41) is 0.871. The molecule has 1 aromatic heterocycles. The number of carbonyl (C=O) groups is 2. The zero-order valence-corrected chi connectivity index (χ0v) is 16.2. The molecule has 0 bridgehead atoms. The maximum absolute atomic E-state index is 12.7. The van der Waals surface area contributed by atoms with Gasteiger partial charge in [0.05, 0.1) is 10.6 Å². The van der Waals surface area contributed by atoms with Crippen molar-refractivity contribution in [3.05, 3.63) is 45.4 Å². The number of rotatable bonds is 4. The number of amides is 1. The Labute approximate surface area is 164 Å². The van der Waals surface area contributed by atoms with Gasteiger partial charge in [0.2, 0.25) is 0 Å². The molecule has 2 heterocycles. The number of Topliss-reactive ketones (excluding diaryl/α,β-unsaturated/α-hetero) is 1. The van der Waals surface area contributed by atoms with Crippen molar-refractivity contribution < 1.29 is 27.5 Å². The maximum Gasteiger partial charge on any atom is 0.573 e. The van der Waals surface area contributed by atoms with E-state index in [9.17, 15) is 22.8 Å². The van der Waals surface area contributed by atoms with Crippen molar-refractivity contribution in [1.82, 2.24) is 9.88 Å². The lowest BCUT2D eigenvalue weighted by Gasteiger charge is -2.31. The Hall–Kier alpha value is -2.42. The minimum absolute atomic E-state index is 0.0751. The Morgan fingerprint density at radius 1 is 1.21 bits per heavy atom. The summed E-state index contributed by atoms with van der Waals surface area (Å²) in [7, 11) is 0. The number of carbonyl (C=O) groups excluding carboxylic acids is 2. The summed E-state index contributed by atoms with van der Waals surface area (Å²) in [6.07, 6.45) is -3.59. The van der Waals surface area contributed by atoms with Gasteiger partial charge in [-0.05, 0) is 31.9 Å². The highest BCUT2D eigenvalue weighted by molar-refractivity contribution is 7.12. The average molecular weight is 412 g/mol. The van der Waals surface area contributed by atoms with Crippen LogP contribution in [0.25, 0.3) is 0 Å². The number of hydrogen-bond donors (Lipinski definition) is 0. The van der Waals surface area contributed by atoms with Crippen molar-refractivity contribution in [3.63, 3.8) is 0 Å². The Kier molecular flexibility index (Phi) is 5.74. The summed E-state index contributed by atoms with van der Waals surface area (Å²) in [5.74, 6) is -0.932. The molecule has 5 nitrogen and oxygen atoms in total. The molecule has 1 fully saturated rings. The van der Waals surface area contributed by atoms with Crippen LogP contribution in [0.15, 0.2) is 24.3 Å². The molecule has 0 N–H and O–H groups in total. The quantitative estimate of drug-likeness (QED) is 0.690. The van der Waals surface area contributed by atoms with Crippen LogP contribution >= 0.6 is 11.3 Å². The first-order valence-corrected chi connectivity index (χ1v) is 9.59. The van der Waals surface area contributed by atoms with E-state index in [-0.39, 0.29) is 17.3 Å². The molecule has 28 heavy (non-hydrogen) atoms. The molecule has 0 saturated carbocycles. The van der Waals surface area contributed by atoms with Gasteiger partial charge in [0.15, 0.2) is 5.78 Å². The van der Waals surface area contributed by atoms with Crippen molar-refractivity contribution in [2.45, 2.75) is 39.0 Å². The Morgan fingerprint density at radius 2 is 1.86 bits per heavy atom. The highest BCUT2D eigenvalue weighted by Crippen LogP contribution is 2.34.